The van der Waals surface area contributed by atoms with Crippen molar-refractivity contribution in [2.75, 3.05) is 10.8 Å². The van der Waals surface area contributed by atoms with Gasteiger partial charge in [0.25, 0.3) is 10.0 Å². The van der Waals surface area contributed by atoms with Gasteiger partial charge >= 0.3 is 0 Å². The SMILES string of the molecule is Cc1ccc(S(=O)(=O)N(CC(=O)NCc2ccc(-n3ccnc3C)cc2)c2ccc(C)cc2C)cc1. The second kappa shape index (κ2) is 10.4. The Morgan fingerprint density at radius 3 is 2.19 bits per heavy atom. The number of aromatic nitrogens is 2. The smallest absolute Gasteiger partial charge is 0.264 e. The Labute approximate surface area is 212 Å². The molecule has 3 aromatic carbocycles. The van der Waals surface area contributed by atoms with Gasteiger partial charge in [-0.3, -0.25) is 9.10 Å². The molecule has 4 aromatic rings. The number of aryl methyl sites for hydroxylation is 4. The van der Waals surface area contributed by atoms with Crippen LogP contribution in [0.1, 0.15) is 28.1 Å². The molecule has 0 saturated heterocycles. The number of carbonyl (C=O) groups is 1. The van der Waals surface area contributed by atoms with E-state index in [2.05, 4.69) is 10.3 Å². The summed E-state index contributed by atoms with van der Waals surface area (Å²) in [5, 5.41) is 2.86. The van der Waals surface area contributed by atoms with Crippen LogP contribution in [0.5, 0.6) is 0 Å². The number of nitrogens with zero attached hydrogens (tertiary/aromatic N) is 3. The van der Waals surface area contributed by atoms with Crippen LogP contribution >= 0.6 is 0 Å². The number of amides is 1. The molecule has 0 atom stereocenters. The number of nitrogens with one attached hydrogen (secondary N) is 1. The third-order valence-corrected chi connectivity index (χ3v) is 7.82. The quantitative estimate of drug-likeness (QED) is 0.381. The monoisotopic (exact) mass is 502 g/mol. The van der Waals surface area contributed by atoms with Gasteiger partial charge in [0.15, 0.2) is 0 Å². The molecule has 8 heteroatoms. The number of hydrogen-bond donors (Lipinski definition) is 1. The van der Waals surface area contributed by atoms with E-state index in [0.717, 1.165) is 33.8 Å². The highest BCUT2D eigenvalue weighted by molar-refractivity contribution is 7.92. The number of rotatable bonds is 8. The van der Waals surface area contributed by atoms with Crippen molar-refractivity contribution in [2.24, 2.45) is 0 Å². The zero-order valence-corrected chi connectivity index (χ0v) is 21.7. The van der Waals surface area contributed by atoms with Crippen molar-refractivity contribution in [3.8, 4) is 5.69 Å². The molecule has 0 bridgehead atoms. The Balaban J connectivity index is 1.53. The minimum Gasteiger partial charge on any atom is -0.350 e. The summed E-state index contributed by atoms with van der Waals surface area (Å²) in [6, 6.07) is 19.9. The van der Waals surface area contributed by atoms with Crippen molar-refractivity contribution in [1.29, 1.82) is 0 Å². The van der Waals surface area contributed by atoms with Gasteiger partial charge in [-0.2, -0.15) is 0 Å². The van der Waals surface area contributed by atoms with Gasteiger partial charge in [0.1, 0.15) is 12.4 Å². The van der Waals surface area contributed by atoms with Crippen LogP contribution in [0.2, 0.25) is 0 Å². The summed E-state index contributed by atoms with van der Waals surface area (Å²) in [6.45, 7) is 7.58. The van der Waals surface area contributed by atoms with Crippen molar-refractivity contribution in [1.82, 2.24) is 14.9 Å². The van der Waals surface area contributed by atoms with Crippen LogP contribution in [0.3, 0.4) is 0 Å². The van der Waals surface area contributed by atoms with Crippen molar-refractivity contribution >= 4 is 21.6 Å². The average molecular weight is 503 g/mol. The summed E-state index contributed by atoms with van der Waals surface area (Å²) in [6.07, 6.45) is 3.64. The molecule has 7 nitrogen and oxygen atoms in total. The lowest BCUT2D eigenvalue weighted by molar-refractivity contribution is -0.119. The maximum absolute atomic E-state index is 13.6. The van der Waals surface area contributed by atoms with Crippen molar-refractivity contribution in [3.05, 3.63) is 107 Å². The first-order chi connectivity index (χ1) is 17.1. The predicted molar refractivity (Wildman–Crippen MR) is 142 cm³/mol. The standard InChI is InChI=1S/C28H30N4O3S/c1-20-5-12-26(13-6-20)36(34,35)32(27-14-7-21(2)17-22(27)3)19-28(33)30-18-24-8-10-25(11-9-24)31-16-15-29-23(31)4/h5-17H,18-19H2,1-4H3,(H,30,33). The number of imidazole rings is 1. The molecule has 0 fully saturated rings. The number of benzene rings is 3. The van der Waals surface area contributed by atoms with Gasteiger partial charge in [0.05, 0.1) is 10.6 Å². The molecular formula is C28H30N4O3S. The lowest BCUT2D eigenvalue weighted by atomic mass is 10.1. The molecule has 186 valence electrons. The summed E-state index contributed by atoms with van der Waals surface area (Å²) in [4.78, 5) is 17.4. The topological polar surface area (TPSA) is 84.3 Å². The fourth-order valence-electron chi connectivity index (χ4n) is 4.03. The summed E-state index contributed by atoms with van der Waals surface area (Å²) >= 11 is 0. The molecule has 1 aromatic heterocycles. The van der Waals surface area contributed by atoms with Crippen LogP contribution in [0.25, 0.3) is 5.69 Å². The maximum Gasteiger partial charge on any atom is 0.264 e. The van der Waals surface area contributed by atoms with E-state index in [0.29, 0.717) is 5.69 Å². The molecule has 1 N–H and O–H groups in total. The van der Waals surface area contributed by atoms with Gasteiger partial charge in [-0.05, 0) is 69.2 Å². The van der Waals surface area contributed by atoms with Gasteiger partial charge in [0, 0.05) is 24.6 Å². The molecule has 1 amide bonds. The molecule has 36 heavy (non-hydrogen) atoms. The highest BCUT2D eigenvalue weighted by atomic mass is 32.2. The van der Waals surface area contributed by atoms with Crippen LogP contribution in [0, 0.1) is 27.7 Å². The molecular weight excluding hydrogens is 472 g/mol. The fourth-order valence-corrected chi connectivity index (χ4v) is 5.52. The summed E-state index contributed by atoms with van der Waals surface area (Å²) < 4.78 is 30.4. The van der Waals surface area contributed by atoms with E-state index in [4.69, 9.17) is 0 Å². The first kappa shape index (κ1) is 25.2. The normalized spacial score (nSPS) is 11.3. The van der Waals surface area contributed by atoms with E-state index < -0.39 is 10.0 Å². The lowest BCUT2D eigenvalue weighted by Gasteiger charge is -2.26. The van der Waals surface area contributed by atoms with E-state index in [-0.39, 0.29) is 23.9 Å². The summed E-state index contributed by atoms with van der Waals surface area (Å²) in [5.41, 5.74) is 5.12. The van der Waals surface area contributed by atoms with E-state index >= 15 is 0 Å². The second-order valence-electron chi connectivity index (χ2n) is 8.90. The van der Waals surface area contributed by atoms with Crippen LogP contribution in [0.4, 0.5) is 5.69 Å². The van der Waals surface area contributed by atoms with Crippen molar-refractivity contribution in [2.45, 2.75) is 39.1 Å². The summed E-state index contributed by atoms with van der Waals surface area (Å²) in [7, 11) is -3.96. The van der Waals surface area contributed by atoms with E-state index in [1.165, 1.54) is 4.31 Å². The zero-order valence-electron chi connectivity index (χ0n) is 20.9. The van der Waals surface area contributed by atoms with E-state index in [9.17, 15) is 13.2 Å². The van der Waals surface area contributed by atoms with Gasteiger partial charge in [-0.1, -0.05) is 47.5 Å². The average Bonchev–Trinajstić information content (AvgIpc) is 3.28. The largest absolute Gasteiger partial charge is 0.350 e. The van der Waals surface area contributed by atoms with Crippen molar-refractivity contribution < 1.29 is 13.2 Å². The molecule has 0 aliphatic rings. The Bertz CT molecular complexity index is 1470. The Morgan fingerprint density at radius 2 is 1.58 bits per heavy atom. The molecule has 0 radical (unpaired) electrons. The maximum atomic E-state index is 13.6. The molecule has 0 spiro atoms. The number of anilines is 1. The first-order valence-corrected chi connectivity index (χ1v) is 13.1. The molecule has 4 rings (SSSR count). The predicted octanol–water partition coefficient (Wildman–Crippen LogP) is 4.62. The van der Waals surface area contributed by atoms with Crippen LogP contribution < -0.4 is 9.62 Å². The first-order valence-electron chi connectivity index (χ1n) is 11.7. The molecule has 1 heterocycles. The second-order valence-corrected chi connectivity index (χ2v) is 10.8. The van der Waals surface area contributed by atoms with Crippen LogP contribution in [-0.2, 0) is 21.4 Å². The van der Waals surface area contributed by atoms with Gasteiger partial charge in [-0.15, -0.1) is 0 Å². The highest BCUT2D eigenvalue weighted by Gasteiger charge is 2.28. The van der Waals surface area contributed by atoms with Crippen LogP contribution in [-0.4, -0.2) is 30.4 Å². The Morgan fingerprint density at radius 1 is 0.917 bits per heavy atom. The lowest BCUT2D eigenvalue weighted by Crippen LogP contribution is -2.41. The van der Waals surface area contributed by atoms with E-state index in [1.807, 2.05) is 74.9 Å². The van der Waals surface area contributed by atoms with Gasteiger partial charge in [0.2, 0.25) is 5.91 Å². The number of hydrogen-bond acceptors (Lipinski definition) is 4. The van der Waals surface area contributed by atoms with E-state index in [1.54, 1.807) is 36.5 Å². The number of sulfonamides is 1. The Kier molecular flexibility index (Phi) is 7.26. The van der Waals surface area contributed by atoms with Crippen molar-refractivity contribution in [3.63, 3.8) is 0 Å². The molecule has 0 saturated carbocycles. The highest BCUT2D eigenvalue weighted by Crippen LogP contribution is 2.27. The summed E-state index contributed by atoms with van der Waals surface area (Å²) in [5.74, 6) is 0.498. The molecule has 0 aliphatic heterocycles. The minimum atomic E-state index is -3.96. The Hall–Kier alpha value is -3.91. The molecule has 0 aliphatic carbocycles. The van der Waals surface area contributed by atoms with Gasteiger partial charge in [-0.25, -0.2) is 13.4 Å². The molecule has 0 unspecified atom stereocenters. The fraction of sp³-hybridized carbons (Fsp3) is 0.214. The number of carbonyl (C=O) groups excluding carboxylic acids is 1. The third-order valence-electron chi connectivity index (χ3n) is 6.05. The zero-order chi connectivity index (χ0) is 25.9. The third kappa shape index (κ3) is 5.49. The minimum absolute atomic E-state index is 0.145. The van der Waals surface area contributed by atoms with Gasteiger partial charge < -0.3 is 9.88 Å². The van der Waals surface area contributed by atoms with Crippen LogP contribution in [0.15, 0.2) is 84.0 Å².